The third-order valence-electron chi connectivity index (χ3n) is 2.88. The van der Waals surface area contributed by atoms with E-state index in [-0.39, 0.29) is 22.9 Å². The molecule has 0 bridgehead atoms. The number of ether oxygens (including phenoxy) is 1. The van der Waals surface area contributed by atoms with Gasteiger partial charge in [-0.2, -0.15) is 5.26 Å². The predicted octanol–water partition coefficient (Wildman–Crippen LogP) is 2.33. The van der Waals surface area contributed by atoms with E-state index in [1.165, 1.54) is 18.2 Å². The molecular formula is C16H12ClN3O3. The Balaban J connectivity index is 2.00. The van der Waals surface area contributed by atoms with Crippen molar-refractivity contribution in [3.63, 3.8) is 0 Å². The smallest absolute Gasteiger partial charge is 0.262 e. The summed E-state index contributed by atoms with van der Waals surface area (Å²) in [6.07, 6.45) is 0. The summed E-state index contributed by atoms with van der Waals surface area (Å²) in [7, 11) is 0. The van der Waals surface area contributed by atoms with Crippen LogP contribution in [-0.2, 0) is 4.79 Å². The molecule has 0 saturated carbocycles. The summed E-state index contributed by atoms with van der Waals surface area (Å²) in [5.41, 5.74) is 6.18. The lowest BCUT2D eigenvalue weighted by molar-refractivity contribution is -0.118. The van der Waals surface area contributed by atoms with Crippen LogP contribution in [0.15, 0.2) is 42.5 Å². The summed E-state index contributed by atoms with van der Waals surface area (Å²) in [5.74, 6) is -0.849. The molecule has 0 atom stereocenters. The zero-order chi connectivity index (χ0) is 16.8. The molecule has 2 amide bonds. The highest BCUT2D eigenvalue weighted by Crippen LogP contribution is 2.20. The minimum atomic E-state index is -0.639. The molecule has 3 N–H and O–H groups in total. The van der Waals surface area contributed by atoms with E-state index in [4.69, 9.17) is 27.3 Å². The fraction of sp³-hybridized carbons (Fsp3) is 0.0625. The number of hydrogen-bond acceptors (Lipinski definition) is 4. The second kappa shape index (κ2) is 7.29. The number of amides is 2. The fourth-order valence-corrected chi connectivity index (χ4v) is 2.04. The molecule has 6 nitrogen and oxygen atoms in total. The summed E-state index contributed by atoms with van der Waals surface area (Å²) < 4.78 is 5.31. The van der Waals surface area contributed by atoms with Gasteiger partial charge in [0.2, 0.25) is 0 Å². The molecule has 23 heavy (non-hydrogen) atoms. The van der Waals surface area contributed by atoms with Gasteiger partial charge < -0.3 is 15.8 Å². The maximum Gasteiger partial charge on any atom is 0.262 e. The zero-order valence-electron chi connectivity index (χ0n) is 11.9. The van der Waals surface area contributed by atoms with Gasteiger partial charge in [-0.15, -0.1) is 0 Å². The molecule has 116 valence electrons. The number of primary amides is 1. The van der Waals surface area contributed by atoms with E-state index < -0.39 is 11.8 Å². The average molecular weight is 330 g/mol. The Bertz CT molecular complexity index is 799. The van der Waals surface area contributed by atoms with Gasteiger partial charge in [0.15, 0.2) is 6.61 Å². The molecule has 2 aromatic rings. The van der Waals surface area contributed by atoms with Crippen molar-refractivity contribution in [1.82, 2.24) is 0 Å². The Morgan fingerprint density at radius 1 is 1.26 bits per heavy atom. The first-order valence-corrected chi connectivity index (χ1v) is 6.90. The summed E-state index contributed by atoms with van der Waals surface area (Å²) in [5, 5.41) is 11.6. The van der Waals surface area contributed by atoms with Gasteiger partial charge in [-0.25, -0.2) is 0 Å². The minimum absolute atomic E-state index is 0.196. The molecule has 0 aromatic heterocycles. The second-order valence-corrected chi connectivity index (χ2v) is 4.91. The SMILES string of the molecule is N#Cc1ccc(NC(=O)COc2ccccc2C(N)=O)cc1Cl. The molecule has 2 rings (SSSR count). The van der Waals surface area contributed by atoms with Gasteiger partial charge >= 0.3 is 0 Å². The lowest BCUT2D eigenvalue weighted by Gasteiger charge is -2.10. The van der Waals surface area contributed by atoms with Crippen LogP contribution in [0.2, 0.25) is 5.02 Å². The molecule has 0 fully saturated rings. The summed E-state index contributed by atoms with van der Waals surface area (Å²) in [6, 6.07) is 12.8. The number of nitriles is 1. The molecule has 0 spiro atoms. The van der Waals surface area contributed by atoms with Crippen molar-refractivity contribution >= 4 is 29.1 Å². The predicted molar refractivity (Wildman–Crippen MR) is 85.3 cm³/mol. The van der Waals surface area contributed by atoms with Crippen molar-refractivity contribution < 1.29 is 14.3 Å². The number of rotatable bonds is 5. The molecule has 7 heteroatoms. The first-order chi connectivity index (χ1) is 11.0. The van der Waals surface area contributed by atoms with Crippen molar-refractivity contribution in [3.05, 3.63) is 58.6 Å². The van der Waals surface area contributed by atoms with Crippen molar-refractivity contribution in [3.8, 4) is 11.8 Å². The number of nitrogens with zero attached hydrogens (tertiary/aromatic N) is 1. The number of carbonyl (C=O) groups is 2. The molecule has 0 saturated heterocycles. The Kier molecular flexibility index (Phi) is 5.18. The monoisotopic (exact) mass is 329 g/mol. The van der Waals surface area contributed by atoms with Crippen molar-refractivity contribution in [2.45, 2.75) is 0 Å². The van der Waals surface area contributed by atoms with Crippen LogP contribution in [0.4, 0.5) is 5.69 Å². The largest absolute Gasteiger partial charge is 0.483 e. The quantitative estimate of drug-likeness (QED) is 0.878. The molecule has 0 aliphatic rings. The highest BCUT2D eigenvalue weighted by molar-refractivity contribution is 6.32. The Hall–Kier alpha value is -3.04. The normalized spacial score (nSPS) is 9.74. The van der Waals surface area contributed by atoms with Crippen LogP contribution < -0.4 is 15.8 Å². The van der Waals surface area contributed by atoms with Crippen LogP contribution in [0.25, 0.3) is 0 Å². The van der Waals surface area contributed by atoms with Gasteiger partial charge in [0.1, 0.15) is 11.8 Å². The summed E-state index contributed by atoms with van der Waals surface area (Å²) in [4.78, 5) is 23.1. The van der Waals surface area contributed by atoms with Crippen LogP contribution in [0.5, 0.6) is 5.75 Å². The van der Waals surface area contributed by atoms with Gasteiger partial charge in [-0.1, -0.05) is 23.7 Å². The maximum absolute atomic E-state index is 11.9. The number of para-hydroxylation sites is 1. The maximum atomic E-state index is 11.9. The van der Waals surface area contributed by atoms with Gasteiger partial charge in [0, 0.05) is 5.69 Å². The zero-order valence-corrected chi connectivity index (χ0v) is 12.6. The van der Waals surface area contributed by atoms with Crippen molar-refractivity contribution in [2.75, 3.05) is 11.9 Å². The highest BCUT2D eigenvalue weighted by Gasteiger charge is 2.11. The van der Waals surface area contributed by atoms with E-state index in [0.717, 1.165) is 0 Å². The van der Waals surface area contributed by atoms with E-state index in [9.17, 15) is 9.59 Å². The number of anilines is 1. The van der Waals surface area contributed by atoms with E-state index in [1.807, 2.05) is 6.07 Å². The van der Waals surface area contributed by atoms with Crippen LogP contribution in [-0.4, -0.2) is 18.4 Å². The van der Waals surface area contributed by atoms with Crippen LogP contribution in [0.1, 0.15) is 15.9 Å². The van der Waals surface area contributed by atoms with E-state index in [2.05, 4.69) is 5.32 Å². The van der Waals surface area contributed by atoms with Crippen molar-refractivity contribution in [2.24, 2.45) is 5.73 Å². The fourth-order valence-electron chi connectivity index (χ4n) is 1.82. The first kappa shape index (κ1) is 16.3. The van der Waals surface area contributed by atoms with Gasteiger partial charge in [0.05, 0.1) is 16.1 Å². The van der Waals surface area contributed by atoms with Crippen LogP contribution >= 0.6 is 11.6 Å². The molecule has 0 radical (unpaired) electrons. The van der Waals surface area contributed by atoms with E-state index >= 15 is 0 Å². The lowest BCUT2D eigenvalue weighted by atomic mass is 10.2. The van der Waals surface area contributed by atoms with E-state index in [0.29, 0.717) is 11.3 Å². The Morgan fingerprint density at radius 3 is 2.65 bits per heavy atom. The number of benzene rings is 2. The van der Waals surface area contributed by atoms with Crippen LogP contribution in [0, 0.1) is 11.3 Å². The number of nitrogens with two attached hydrogens (primary N) is 1. The molecule has 0 heterocycles. The molecule has 0 unspecified atom stereocenters. The Morgan fingerprint density at radius 2 is 2.00 bits per heavy atom. The molecular weight excluding hydrogens is 318 g/mol. The minimum Gasteiger partial charge on any atom is -0.483 e. The first-order valence-electron chi connectivity index (χ1n) is 6.52. The van der Waals surface area contributed by atoms with Gasteiger partial charge in [-0.3, -0.25) is 9.59 Å². The third kappa shape index (κ3) is 4.22. The lowest BCUT2D eigenvalue weighted by Crippen LogP contribution is -2.21. The number of carbonyl (C=O) groups excluding carboxylic acids is 2. The summed E-state index contributed by atoms with van der Waals surface area (Å²) in [6.45, 7) is -0.304. The number of nitrogens with one attached hydrogen (secondary N) is 1. The standard InChI is InChI=1S/C16H12ClN3O3/c17-13-7-11(6-5-10(13)8-18)20-15(21)9-23-14-4-2-1-3-12(14)16(19)22/h1-7H,9H2,(H2,19,22)(H,20,21). The number of hydrogen-bond donors (Lipinski definition) is 2. The number of halogens is 1. The van der Waals surface area contributed by atoms with E-state index in [1.54, 1.807) is 24.3 Å². The van der Waals surface area contributed by atoms with Crippen molar-refractivity contribution in [1.29, 1.82) is 5.26 Å². The molecule has 2 aromatic carbocycles. The third-order valence-corrected chi connectivity index (χ3v) is 3.20. The van der Waals surface area contributed by atoms with Crippen LogP contribution in [0.3, 0.4) is 0 Å². The topological polar surface area (TPSA) is 105 Å². The van der Waals surface area contributed by atoms with Gasteiger partial charge in [0.25, 0.3) is 11.8 Å². The molecule has 0 aliphatic heterocycles. The second-order valence-electron chi connectivity index (χ2n) is 4.50. The average Bonchev–Trinajstić information content (AvgIpc) is 2.53. The van der Waals surface area contributed by atoms with Gasteiger partial charge in [-0.05, 0) is 30.3 Å². The highest BCUT2D eigenvalue weighted by atomic mass is 35.5. The summed E-state index contributed by atoms with van der Waals surface area (Å²) >= 11 is 5.89. The Labute approximate surface area is 137 Å². The molecule has 0 aliphatic carbocycles.